The van der Waals surface area contributed by atoms with Gasteiger partial charge in [0, 0.05) is 18.7 Å². The second-order valence-electron chi connectivity index (χ2n) is 7.37. The number of nitrogens with zero attached hydrogens (tertiary/aromatic N) is 2. The van der Waals surface area contributed by atoms with Crippen molar-refractivity contribution < 1.29 is 18.0 Å². The number of hydrogen-bond donors (Lipinski definition) is 2. The summed E-state index contributed by atoms with van der Waals surface area (Å²) in [6, 6.07) is 10.8. The predicted molar refractivity (Wildman–Crippen MR) is 107 cm³/mol. The van der Waals surface area contributed by atoms with Gasteiger partial charge in [-0.3, -0.25) is 4.79 Å². The number of benzene rings is 2. The number of anilines is 1. The largest absolute Gasteiger partial charge is 0.416 e. The molecule has 1 amide bonds. The zero-order valence-electron chi connectivity index (χ0n) is 16.4. The Bertz CT molecular complexity index is 1090. The number of alkyl halides is 3. The average Bonchev–Trinajstić information content (AvgIpc) is 3.06. The van der Waals surface area contributed by atoms with Gasteiger partial charge in [-0.15, -0.1) is 0 Å². The van der Waals surface area contributed by atoms with Crippen molar-refractivity contribution in [3.05, 3.63) is 82.3 Å². The maximum Gasteiger partial charge on any atom is 0.416 e. The first-order valence-electron chi connectivity index (χ1n) is 9.63. The van der Waals surface area contributed by atoms with Gasteiger partial charge in [0.05, 0.1) is 17.6 Å². The number of hydrogen-bond acceptors (Lipinski definition) is 3. The Morgan fingerprint density at radius 1 is 1.20 bits per heavy atom. The van der Waals surface area contributed by atoms with Crippen molar-refractivity contribution >= 4 is 11.7 Å². The molecule has 1 aliphatic heterocycles. The van der Waals surface area contributed by atoms with Gasteiger partial charge in [-0.05, 0) is 60.8 Å². The van der Waals surface area contributed by atoms with E-state index in [0.717, 1.165) is 37.2 Å². The normalized spacial score (nSPS) is 13.7. The molecular weight excluding hydrogens is 393 g/mol. The van der Waals surface area contributed by atoms with Crippen LogP contribution in [0.3, 0.4) is 0 Å². The minimum Gasteiger partial charge on any atom is -0.328 e. The first-order valence-corrected chi connectivity index (χ1v) is 9.63. The third kappa shape index (κ3) is 4.23. The van der Waals surface area contributed by atoms with E-state index in [1.165, 1.54) is 18.0 Å². The number of fused-ring (bicyclic) bond motifs is 1. The monoisotopic (exact) mass is 414 g/mol. The van der Waals surface area contributed by atoms with Crippen LogP contribution in [0.1, 0.15) is 38.3 Å². The summed E-state index contributed by atoms with van der Waals surface area (Å²) < 4.78 is 40.5. The smallest absolute Gasteiger partial charge is 0.328 e. The van der Waals surface area contributed by atoms with Crippen molar-refractivity contribution in [1.29, 1.82) is 0 Å². The standard InChI is InChI=1S/C22H21F3N4O/c1-14-20(28-21(30)17-5-6-18-11-26-8-7-16(18)10-17)27-13-29(14)12-15-3-2-4-19(9-15)22(23,24)25/h2-6,9-10,13,26H,7-8,11-12H2,1H3,(H,28,30). The second-order valence-corrected chi connectivity index (χ2v) is 7.37. The van der Waals surface area contributed by atoms with E-state index in [2.05, 4.69) is 15.6 Å². The van der Waals surface area contributed by atoms with Crippen molar-refractivity contribution in [3.63, 3.8) is 0 Å². The molecule has 156 valence electrons. The molecule has 8 heteroatoms. The van der Waals surface area contributed by atoms with Gasteiger partial charge in [-0.2, -0.15) is 13.2 Å². The number of halogens is 3. The fourth-order valence-corrected chi connectivity index (χ4v) is 3.57. The number of amides is 1. The van der Waals surface area contributed by atoms with Crippen LogP contribution >= 0.6 is 0 Å². The lowest BCUT2D eigenvalue weighted by Gasteiger charge is -2.17. The second kappa shape index (κ2) is 7.95. The number of nitrogens with one attached hydrogen (secondary N) is 2. The number of imidazole rings is 1. The van der Waals surface area contributed by atoms with Crippen molar-refractivity contribution in [1.82, 2.24) is 14.9 Å². The molecule has 0 spiro atoms. The van der Waals surface area contributed by atoms with Gasteiger partial charge in [0.1, 0.15) is 0 Å². The molecule has 4 rings (SSSR count). The number of aromatic nitrogens is 2. The van der Waals surface area contributed by atoms with Crippen LogP contribution in [0.15, 0.2) is 48.8 Å². The van der Waals surface area contributed by atoms with Crippen LogP contribution in [-0.4, -0.2) is 22.0 Å². The topological polar surface area (TPSA) is 59.0 Å². The zero-order valence-corrected chi connectivity index (χ0v) is 16.4. The minimum atomic E-state index is -4.38. The predicted octanol–water partition coefficient (Wildman–Crippen LogP) is 4.16. The zero-order chi connectivity index (χ0) is 21.3. The fourth-order valence-electron chi connectivity index (χ4n) is 3.57. The molecule has 5 nitrogen and oxygen atoms in total. The first kappa shape index (κ1) is 20.2. The summed E-state index contributed by atoms with van der Waals surface area (Å²) in [5.41, 5.74) is 3.40. The Hall–Kier alpha value is -3.13. The van der Waals surface area contributed by atoms with Crippen molar-refractivity contribution in [2.24, 2.45) is 0 Å². The molecule has 1 aliphatic rings. The highest BCUT2D eigenvalue weighted by atomic mass is 19.4. The third-order valence-electron chi connectivity index (χ3n) is 5.29. The van der Waals surface area contributed by atoms with Crippen LogP contribution in [0.25, 0.3) is 0 Å². The van der Waals surface area contributed by atoms with E-state index in [9.17, 15) is 18.0 Å². The minimum absolute atomic E-state index is 0.227. The van der Waals surface area contributed by atoms with Gasteiger partial charge >= 0.3 is 6.18 Å². The van der Waals surface area contributed by atoms with Crippen LogP contribution in [0, 0.1) is 6.92 Å². The molecule has 0 fully saturated rings. The molecule has 0 saturated heterocycles. The van der Waals surface area contributed by atoms with E-state index >= 15 is 0 Å². The Kier molecular flexibility index (Phi) is 5.34. The van der Waals surface area contributed by atoms with E-state index in [-0.39, 0.29) is 12.5 Å². The molecule has 0 bridgehead atoms. The summed E-state index contributed by atoms with van der Waals surface area (Å²) in [7, 11) is 0. The van der Waals surface area contributed by atoms with Crippen LogP contribution in [-0.2, 0) is 25.7 Å². The molecule has 0 atom stereocenters. The van der Waals surface area contributed by atoms with Crippen molar-refractivity contribution in [2.45, 2.75) is 32.6 Å². The number of rotatable bonds is 4. The molecule has 0 saturated carbocycles. The molecule has 2 N–H and O–H groups in total. The van der Waals surface area contributed by atoms with Gasteiger partial charge in [0.15, 0.2) is 5.82 Å². The molecule has 1 aromatic heterocycles. The van der Waals surface area contributed by atoms with E-state index in [1.54, 1.807) is 23.6 Å². The number of carbonyl (C=O) groups excluding carboxylic acids is 1. The van der Waals surface area contributed by atoms with Crippen LogP contribution < -0.4 is 10.6 Å². The quantitative estimate of drug-likeness (QED) is 0.674. The molecule has 0 unspecified atom stereocenters. The third-order valence-corrected chi connectivity index (χ3v) is 5.29. The lowest BCUT2D eigenvalue weighted by Crippen LogP contribution is -2.24. The summed E-state index contributed by atoms with van der Waals surface area (Å²) in [4.78, 5) is 16.9. The van der Waals surface area contributed by atoms with Crippen LogP contribution in [0.4, 0.5) is 19.0 Å². The van der Waals surface area contributed by atoms with E-state index in [1.807, 2.05) is 12.1 Å². The first-order chi connectivity index (χ1) is 14.3. The van der Waals surface area contributed by atoms with Crippen LogP contribution in [0.2, 0.25) is 0 Å². The molecule has 30 heavy (non-hydrogen) atoms. The molecule has 3 aromatic rings. The van der Waals surface area contributed by atoms with E-state index in [0.29, 0.717) is 22.6 Å². The van der Waals surface area contributed by atoms with Gasteiger partial charge in [0.2, 0.25) is 0 Å². The summed E-state index contributed by atoms with van der Waals surface area (Å²) in [5, 5.41) is 6.10. The number of carbonyl (C=O) groups is 1. The highest BCUT2D eigenvalue weighted by Gasteiger charge is 2.30. The maximum absolute atomic E-state index is 12.9. The summed E-state index contributed by atoms with van der Waals surface area (Å²) in [6.45, 7) is 3.69. The lowest BCUT2D eigenvalue weighted by atomic mass is 9.98. The highest BCUT2D eigenvalue weighted by Crippen LogP contribution is 2.30. The maximum atomic E-state index is 12.9. The summed E-state index contributed by atoms with van der Waals surface area (Å²) >= 11 is 0. The molecule has 2 heterocycles. The fraction of sp³-hybridized carbons (Fsp3) is 0.273. The Balaban J connectivity index is 1.49. The lowest BCUT2D eigenvalue weighted by molar-refractivity contribution is -0.137. The van der Waals surface area contributed by atoms with Crippen LogP contribution in [0.5, 0.6) is 0 Å². The molecule has 2 aromatic carbocycles. The van der Waals surface area contributed by atoms with Gasteiger partial charge < -0.3 is 15.2 Å². The van der Waals surface area contributed by atoms with Crippen molar-refractivity contribution in [3.8, 4) is 0 Å². The molecule has 0 radical (unpaired) electrons. The Morgan fingerprint density at radius 2 is 2.03 bits per heavy atom. The summed E-state index contributed by atoms with van der Waals surface area (Å²) in [6.07, 6.45) is -1.99. The highest BCUT2D eigenvalue weighted by molar-refractivity contribution is 6.04. The molecular formula is C22H21F3N4O. The SMILES string of the molecule is Cc1c(NC(=O)c2ccc3c(c2)CCNC3)ncn1Cc1cccc(C(F)(F)F)c1. The van der Waals surface area contributed by atoms with E-state index < -0.39 is 11.7 Å². The Labute approximate surface area is 171 Å². The Morgan fingerprint density at radius 3 is 2.83 bits per heavy atom. The van der Waals surface area contributed by atoms with Gasteiger partial charge in [-0.1, -0.05) is 18.2 Å². The average molecular weight is 414 g/mol. The van der Waals surface area contributed by atoms with Crippen molar-refractivity contribution in [2.75, 3.05) is 11.9 Å². The summed E-state index contributed by atoms with van der Waals surface area (Å²) in [5.74, 6) is 0.134. The van der Waals surface area contributed by atoms with Gasteiger partial charge in [-0.25, -0.2) is 4.98 Å². The molecule has 0 aliphatic carbocycles. The van der Waals surface area contributed by atoms with E-state index in [4.69, 9.17) is 0 Å². The van der Waals surface area contributed by atoms with Gasteiger partial charge in [0.25, 0.3) is 5.91 Å².